The van der Waals surface area contributed by atoms with E-state index in [1.807, 2.05) is 24.1 Å². The number of hydrogen-bond acceptors (Lipinski definition) is 3. The topological polar surface area (TPSA) is 33.7 Å². The Labute approximate surface area is 162 Å². The van der Waals surface area contributed by atoms with Crippen molar-refractivity contribution in [2.75, 3.05) is 26.6 Å². The lowest BCUT2D eigenvalue weighted by Gasteiger charge is -2.23. The Morgan fingerprint density at radius 2 is 1.65 bits per heavy atom. The molecule has 0 unspecified atom stereocenters. The van der Waals surface area contributed by atoms with Crippen molar-refractivity contribution in [1.82, 2.24) is 4.90 Å². The Bertz CT molecular complexity index is 757. The summed E-state index contributed by atoms with van der Waals surface area (Å²) in [6, 6.07) is 12.4. The largest absolute Gasteiger partial charge is 0.493 e. The van der Waals surface area contributed by atoms with E-state index in [0.29, 0.717) is 17.6 Å². The predicted molar refractivity (Wildman–Crippen MR) is 113 cm³/mol. The molecular formula is C21H28N2O2S. The monoisotopic (exact) mass is 372 g/mol. The Kier molecular flexibility index (Phi) is 6.86. The van der Waals surface area contributed by atoms with E-state index in [0.717, 1.165) is 28.3 Å². The van der Waals surface area contributed by atoms with Crippen LogP contribution in [0.25, 0.3) is 0 Å². The van der Waals surface area contributed by atoms with Crippen molar-refractivity contribution in [1.29, 1.82) is 0 Å². The number of hydrogen-bond donors (Lipinski definition) is 1. The van der Waals surface area contributed by atoms with Crippen molar-refractivity contribution >= 4 is 23.0 Å². The van der Waals surface area contributed by atoms with E-state index in [9.17, 15) is 0 Å². The van der Waals surface area contributed by atoms with Crippen molar-refractivity contribution in [3.63, 3.8) is 0 Å². The van der Waals surface area contributed by atoms with Crippen LogP contribution < -0.4 is 14.8 Å². The molecule has 4 nitrogen and oxygen atoms in total. The van der Waals surface area contributed by atoms with Gasteiger partial charge in [0.05, 0.1) is 14.2 Å². The van der Waals surface area contributed by atoms with Crippen LogP contribution in [0.15, 0.2) is 36.4 Å². The molecule has 0 saturated carbocycles. The highest BCUT2D eigenvalue weighted by Crippen LogP contribution is 2.30. The van der Waals surface area contributed by atoms with Crippen molar-refractivity contribution in [2.24, 2.45) is 0 Å². The van der Waals surface area contributed by atoms with E-state index in [-0.39, 0.29) is 0 Å². The second-order valence-electron chi connectivity index (χ2n) is 6.70. The minimum Gasteiger partial charge on any atom is -0.493 e. The first-order valence-electron chi connectivity index (χ1n) is 8.69. The molecule has 26 heavy (non-hydrogen) atoms. The molecular weight excluding hydrogens is 344 g/mol. The zero-order chi connectivity index (χ0) is 19.3. The maximum absolute atomic E-state index is 5.55. The zero-order valence-corrected chi connectivity index (χ0v) is 17.2. The van der Waals surface area contributed by atoms with E-state index in [2.05, 4.69) is 50.4 Å². The van der Waals surface area contributed by atoms with Crippen molar-refractivity contribution < 1.29 is 9.47 Å². The van der Waals surface area contributed by atoms with Gasteiger partial charge in [0.1, 0.15) is 0 Å². The first kappa shape index (κ1) is 20.0. The lowest BCUT2D eigenvalue weighted by atomic mass is 10.0. The molecule has 0 aliphatic carbocycles. The van der Waals surface area contributed by atoms with E-state index in [4.69, 9.17) is 21.7 Å². The van der Waals surface area contributed by atoms with Crippen LogP contribution in [0.2, 0.25) is 0 Å². The first-order valence-corrected chi connectivity index (χ1v) is 9.10. The fraction of sp³-hybridized carbons (Fsp3) is 0.381. The molecule has 2 aromatic rings. The summed E-state index contributed by atoms with van der Waals surface area (Å²) < 4.78 is 10.8. The number of nitrogens with one attached hydrogen (secondary N) is 1. The lowest BCUT2D eigenvalue weighted by Crippen LogP contribution is -2.30. The van der Waals surface area contributed by atoms with Crippen LogP contribution in [0.1, 0.15) is 36.5 Å². The number of thiocarbonyl (C=S) groups is 1. The van der Waals surface area contributed by atoms with Gasteiger partial charge in [0.15, 0.2) is 16.6 Å². The van der Waals surface area contributed by atoms with Crippen LogP contribution in [0, 0.1) is 6.92 Å². The van der Waals surface area contributed by atoms with Crippen LogP contribution in [-0.4, -0.2) is 31.3 Å². The number of methoxy groups -OCH3 is 2. The Morgan fingerprint density at radius 3 is 2.19 bits per heavy atom. The van der Waals surface area contributed by atoms with Crippen LogP contribution in [0.4, 0.5) is 5.69 Å². The molecule has 0 radical (unpaired) electrons. The molecule has 5 heteroatoms. The molecule has 140 valence electrons. The highest BCUT2D eigenvalue weighted by Gasteiger charge is 2.12. The summed E-state index contributed by atoms with van der Waals surface area (Å²) in [5.41, 5.74) is 4.59. The maximum atomic E-state index is 5.55. The molecule has 0 fully saturated rings. The summed E-state index contributed by atoms with van der Waals surface area (Å²) >= 11 is 5.55. The van der Waals surface area contributed by atoms with Gasteiger partial charge in [-0.3, -0.25) is 0 Å². The Morgan fingerprint density at radius 1 is 1.08 bits per heavy atom. The normalized spacial score (nSPS) is 10.6. The number of rotatable bonds is 6. The van der Waals surface area contributed by atoms with Gasteiger partial charge >= 0.3 is 0 Å². The number of anilines is 1. The van der Waals surface area contributed by atoms with Crippen LogP contribution in [-0.2, 0) is 6.54 Å². The van der Waals surface area contributed by atoms with Gasteiger partial charge in [-0.1, -0.05) is 26.0 Å². The Hall–Kier alpha value is -2.27. The van der Waals surface area contributed by atoms with Gasteiger partial charge in [0.2, 0.25) is 0 Å². The first-order chi connectivity index (χ1) is 12.3. The van der Waals surface area contributed by atoms with Gasteiger partial charge in [-0.05, 0) is 66.0 Å². The zero-order valence-electron chi connectivity index (χ0n) is 16.4. The highest BCUT2D eigenvalue weighted by atomic mass is 32.1. The second-order valence-corrected chi connectivity index (χ2v) is 7.08. The number of benzene rings is 2. The minimum absolute atomic E-state index is 0.520. The third-order valence-electron chi connectivity index (χ3n) is 4.42. The second kappa shape index (κ2) is 8.90. The summed E-state index contributed by atoms with van der Waals surface area (Å²) in [6.45, 7) is 7.12. The van der Waals surface area contributed by atoms with Gasteiger partial charge in [0, 0.05) is 19.3 Å². The molecule has 0 amide bonds. The molecule has 0 atom stereocenters. The minimum atomic E-state index is 0.520. The molecule has 0 saturated heterocycles. The summed E-state index contributed by atoms with van der Waals surface area (Å²) in [4.78, 5) is 2.01. The quantitative estimate of drug-likeness (QED) is 0.725. The molecule has 0 bridgehead atoms. The molecule has 0 aliphatic heterocycles. The maximum Gasteiger partial charge on any atom is 0.173 e. The van der Waals surface area contributed by atoms with Crippen LogP contribution in [0.5, 0.6) is 11.5 Å². The molecule has 0 aliphatic rings. The van der Waals surface area contributed by atoms with Crippen LogP contribution in [0.3, 0.4) is 0 Å². The third kappa shape index (κ3) is 4.88. The SMILES string of the molecule is COc1cc(C)c(CN(C)C(=S)Nc2ccc(C(C)C)cc2)cc1OC. The van der Waals surface area contributed by atoms with Gasteiger partial charge in [-0.25, -0.2) is 0 Å². The average molecular weight is 373 g/mol. The third-order valence-corrected chi connectivity index (χ3v) is 4.84. The molecule has 0 heterocycles. The van der Waals surface area contributed by atoms with Gasteiger partial charge in [-0.15, -0.1) is 0 Å². The predicted octanol–water partition coefficient (Wildman–Crippen LogP) is 4.96. The van der Waals surface area contributed by atoms with E-state index >= 15 is 0 Å². The van der Waals surface area contributed by atoms with Gasteiger partial charge in [-0.2, -0.15) is 0 Å². The van der Waals surface area contributed by atoms with E-state index < -0.39 is 0 Å². The highest BCUT2D eigenvalue weighted by molar-refractivity contribution is 7.80. The molecule has 0 aromatic heterocycles. The lowest BCUT2D eigenvalue weighted by molar-refractivity contribution is 0.353. The van der Waals surface area contributed by atoms with E-state index in [1.165, 1.54) is 5.56 Å². The van der Waals surface area contributed by atoms with Crippen molar-refractivity contribution in [3.8, 4) is 11.5 Å². The van der Waals surface area contributed by atoms with Gasteiger partial charge < -0.3 is 19.7 Å². The summed E-state index contributed by atoms with van der Waals surface area (Å²) in [7, 11) is 5.27. The summed E-state index contributed by atoms with van der Waals surface area (Å²) in [6.07, 6.45) is 0. The fourth-order valence-electron chi connectivity index (χ4n) is 2.69. The average Bonchev–Trinajstić information content (AvgIpc) is 2.63. The van der Waals surface area contributed by atoms with Gasteiger partial charge in [0.25, 0.3) is 0 Å². The Balaban J connectivity index is 2.07. The summed E-state index contributed by atoms with van der Waals surface area (Å²) in [5, 5.41) is 3.98. The molecule has 2 rings (SSSR count). The number of aryl methyl sites for hydroxylation is 1. The van der Waals surface area contributed by atoms with E-state index in [1.54, 1.807) is 14.2 Å². The van der Waals surface area contributed by atoms with Crippen LogP contribution >= 0.6 is 12.2 Å². The fourth-order valence-corrected chi connectivity index (χ4v) is 2.87. The number of ether oxygens (including phenoxy) is 2. The summed E-state index contributed by atoms with van der Waals surface area (Å²) in [5.74, 6) is 1.98. The smallest absolute Gasteiger partial charge is 0.173 e. The van der Waals surface area contributed by atoms with Crippen molar-refractivity contribution in [2.45, 2.75) is 33.2 Å². The molecule has 2 aromatic carbocycles. The molecule has 0 spiro atoms. The molecule has 1 N–H and O–H groups in total. The number of nitrogens with zero attached hydrogens (tertiary/aromatic N) is 1. The van der Waals surface area contributed by atoms with Crippen molar-refractivity contribution in [3.05, 3.63) is 53.1 Å². The standard InChI is InChI=1S/C21H28N2O2S/c1-14(2)16-7-9-18(10-8-16)22-21(26)23(4)13-17-12-20(25-6)19(24-5)11-15(17)3/h7-12,14H,13H2,1-6H3,(H,22,26).